The molecule has 0 aromatic carbocycles. The van der Waals surface area contributed by atoms with Gasteiger partial charge in [-0.25, -0.2) is 9.97 Å². The van der Waals surface area contributed by atoms with Crippen LogP contribution in [0.5, 0.6) is 0 Å². The maximum atomic E-state index is 13.1. The Morgan fingerprint density at radius 1 is 1.18 bits per heavy atom. The molecule has 2 heterocycles. The maximum Gasteiger partial charge on any atom is 0.243 e. The average Bonchev–Trinajstić information content (AvgIpc) is 3.08. The van der Waals surface area contributed by atoms with Crippen LogP contribution in [0.15, 0.2) is 24.4 Å². The van der Waals surface area contributed by atoms with Crippen molar-refractivity contribution in [3.63, 3.8) is 0 Å². The van der Waals surface area contributed by atoms with Crippen LogP contribution in [0, 0.1) is 5.92 Å². The van der Waals surface area contributed by atoms with Gasteiger partial charge in [-0.1, -0.05) is 19.9 Å². The van der Waals surface area contributed by atoms with Gasteiger partial charge in [0.1, 0.15) is 17.6 Å². The van der Waals surface area contributed by atoms with Crippen LogP contribution in [0.4, 0.5) is 5.82 Å². The van der Waals surface area contributed by atoms with Crippen LogP contribution < -0.4 is 10.2 Å². The number of pyridine rings is 1. The molecule has 150 valence electrons. The first-order chi connectivity index (χ1) is 13.2. The van der Waals surface area contributed by atoms with E-state index >= 15 is 0 Å². The Morgan fingerprint density at radius 3 is 2.54 bits per heavy atom. The molecule has 28 heavy (non-hydrogen) atoms. The summed E-state index contributed by atoms with van der Waals surface area (Å²) >= 11 is 0. The molecular weight excluding hydrogens is 350 g/mol. The Hall–Kier alpha value is -2.50. The number of nitrogens with zero attached hydrogens (tertiary/aromatic N) is 4. The van der Waals surface area contributed by atoms with Crippen LogP contribution in [0.1, 0.15) is 52.3 Å². The zero-order valence-electron chi connectivity index (χ0n) is 17.8. The maximum absolute atomic E-state index is 13.1. The molecule has 1 unspecified atom stereocenters. The quantitative estimate of drug-likeness (QED) is 0.859. The van der Waals surface area contributed by atoms with Gasteiger partial charge in [-0.3, -0.25) is 9.78 Å². The zero-order valence-corrected chi connectivity index (χ0v) is 17.8. The van der Waals surface area contributed by atoms with Crippen LogP contribution in [0.3, 0.4) is 0 Å². The van der Waals surface area contributed by atoms with Crippen molar-refractivity contribution in [2.45, 2.75) is 65.5 Å². The Kier molecular flexibility index (Phi) is 5.68. The minimum Gasteiger partial charge on any atom is -0.350 e. The molecule has 1 aliphatic carbocycles. The monoisotopic (exact) mass is 381 g/mol. The normalized spacial score (nSPS) is 14.7. The number of rotatable bonds is 5. The molecule has 0 radical (unpaired) electrons. The van der Waals surface area contributed by atoms with E-state index in [1.807, 2.05) is 50.9 Å². The number of anilines is 1. The van der Waals surface area contributed by atoms with Gasteiger partial charge in [0.05, 0.1) is 0 Å². The predicted octanol–water partition coefficient (Wildman–Crippen LogP) is 3.40. The molecule has 0 saturated carbocycles. The number of aryl methyl sites for hydroxylation is 1. The highest BCUT2D eigenvalue weighted by Gasteiger charge is 2.33. The highest BCUT2D eigenvalue weighted by molar-refractivity contribution is 5.86. The summed E-state index contributed by atoms with van der Waals surface area (Å²) in [7, 11) is 1.97. The van der Waals surface area contributed by atoms with E-state index in [1.165, 1.54) is 0 Å². The number of carbonyl (C=O) groups excluding carboxylic acids is 1. The number of hydrogen-bond acceptors (Lipinski definition) is 5. The molecule has 0 saturated heterocycles. The minimum absolute atomic E-state index is 0.0229. The molecule has 1 aliphatic rings. The van der Waals surface area contributed by atoms with Crippen molar-refractivity contribution >= 4 is 11.7 Å². The molecule has 1 amide bonds. The molecular formula is C22H31N5O. The van der Waals surface area contributed by atoms with Gasteiger partial charge in [0.15, 0.2) is 5.82 Å². The number of aromatic nitrogens is 3. The van der Waals surface area contributed by atoms with Crippen LogP contribution in [0.2, 0.25) is 0 Å². The Bertz CT molecular complexity index is 842. The van der Waals surface area contributed by atoms with Crippen molar-refractivity contribution < 1.29 is 4.79 Å². The second-order valence-corrected chi connectivity index (χ2v) is 8.90. The van der Waals surface area contributed by atoms with Crippen molar-refractivity contribution in [3.05, 3.63) is 35.7 Å². The lowest BCUT2D eigenvalue weighted by Crippen LogP contribution is -2.53. The fraction of sp³-hybridized carbons (Fsp3) is 0.545. The van der Waals surface area contributed by atoms with Crippen LogP contribution in [-0.2, 0) is 17.6 Å². The van der Waals surface area contributed by atoms with E-state index in [0.29, 0.717) is 5.82 Å². The summed E-state index contributed by atoms with van der Waals surface area (Å²) in [6, 6.07) is 5.44. The molecule has 6 nitrogen and oxygen atoms in total. The standard InChI is InChI=1S/C22H31N5O/c1-14(2)18(21(28)26-22(3,4)5)27(6)20-15-10-9-12-16(15)24-19(25-20)17-11-7-8-13-23-17/h7-8,11,13-14,18H,9-10,12H2,1-6H3,(H,26,28). The number of likely N-dealkylation sites (N-methyl/N-ethyl adjacent to an activating group) is 1. The molecule has 1 atom stereocenters. The van der Waals surface area contributed by atoms with Gasteiger partial charge in [-0.15, -0.1) is 0 Å². The van der Waals surface area contributed by atoms with Gasteiger partial charge in [0.25, 0.3) is 0 Å². The fourth-order valence-corrected chi connectivity index (χ4v) is 3.82. The van der Waals surface area contributed by atoms with Crippen LogP contribution in [0.25, 0.3) is 11.5 Å². The summed E-state index contributed by atoms with van der Waals surface area (Å²) in [5, 5.41) is 3.13. The lowest BCUT2D eigenvalue weighted by Gasteiger charge is -2.34. The van der Waals surface area contributed by atoms with E-state index < -0.39 is 0 Å². The number of carbonyl (C=O) groups is 1. The molecule has 0 fully saturated rings. The fourth-order valence-electron chi connectivity index (χ4n) is 3.82. The summed E-state index contributed by atoms with van der Waals surface area (Å²) in [5.41, 5.74) is 2.72. The number of nitrogens with one attached hydrogen (secondary N) is 1. The summed E-state index contributed by atoms with van der Waals surface area (Å²) in [6.07, 6.45) is 4.71. The second kappa shape index (κ2) is 7.86. The molecule has 2 aromatic rings. The highest BCUT2D eigenvalue weighted by Crippen LogP contribution is 2.32. The first-order valence-corrected chi connectivity index (χ1v) is 10.0. The summed E-state index contributed by atoms with van der Waals surface area (Å²) in [5.74, 6) is 1.64. The first kappa shape index (κ1) is 20.2. The van der Waals surface area contributed by atoms with E-state index in [9.17, 15) is 4.79 Å². The predicted molar refractivity (Wildman–Crippen MR) is 112 cm³/mol. The van der Waals surface area contributed by atoms with Crippen LogP contribution >= 0.6 is 0 Å². The number of amides is 1. The first-order valence-electron chi connectivity index (χ1n) is 10.0. The van der Waals surface area contributed by atoms with Gasteiger partial charge < -0.3 is 10.2 Å². The Labute approximate surface area is 167 Å². The summed E-state index contributed by atoms with van der Waals surface area (Å²) in [6.45, 7) is 10.2. The molecule has 1 N–H and O–H groups in total. The largest absolute Gasteiger partial charge is 0.350 e. The van der Waals surface area contributed by atoms with Crippen molar-refractivity contribution in [2.75, 3.05) is 11.9 Å². The molecule has 6 heteroatoms. The van der Waals surface area contributed by atoms with Crippen LogP contribution in [-0.4, -0.2) is 39.5 Å². The van der Waals surface area contributed by atoms with Crippen molar-refractivity contribution in [1.29, 1.82) is 0 Å². The summed E-state index contributed by atoms with van der Waals surface area (Å²) < 4.78 is 0. The minimum atomic E-state index is -0.310. The third kappa shape index (κ3) is 4.32. The summed E-state index contributed by atoms with van der Waals surface area (Å²) in [4.78, 5) is 29.2. The lowest BCUT2D eigenvalue weighted by molar-refractivity contribution is -0.124. The molecule has 3 rings (SSSR count). The number of hydrogen-bond donors (Lipinski definition) is 1. The third-order valence-electron chi connectivity index (χ3n) is 4.95. The molecule has 0 bridgehead atoms. The smallest absolute Gasteiger partial charge is 0.243 e. The van der Waals surface area contributed by atoms with Gasteiger partial charge in [-0.2, -0.15) is 0 Å². The van der Waals surface area contributed by atoms with E-state index in [4.69, 9.17) is 9.97 Å². The third-order valence-corrected chi connectivity index (χ3v) is 4.95. The SMILES string of the molecule is CC(C)C(C(=O)NC(C)(C)C)N(C)c1nc(-c2ccccn2)nc2c1CCC2. The Balaban J connectivity index is 2.03. The van der Waals surface area contributed by atoms with Gasteiger partial charge in [-0.05, 0) is 58.1 Å². The van der Waals surface area contributed by atoms with Gasteiger partial charge in [0, 0.05) is 30.0 Å². The van der Waals surface area contributed by atoms with E-state index in [-0.39, 0.29) is 23.4 Å². The Morgan fingerprint density at radius 2 is 1.93 bits per heavy atom. The molecule has 2 aromatic heterocycles. The van der Waals surface area contributed by atoms with E-state index in [1.54, 1.807) is 6.20 Å². The topological polar surface area (TPSA) is 71.0 Å². The number of fused-ring (bicyclic) bond motifs is 1. The van der Waals surface area contributed by atoms with Crippen molar-refractivity contribution in [2.24, 2.45) is 5.92 Å². The molecule has 0 aliphatic heterocycles. The van der Waals surface area contributed by atoms with E-state index in [0.717, 1.165) is 42.0 Å². The molecule has 0 spiro atoms. The van der Waals surface area contributed by atoms with Gasteiger partial charge in [0.2, 0.25) is 5.91 Å². The average molecular weight is 382 g/mol. The van der Waals surface area contributed by atoms with Crippen molar-refractivity contribution in [1.82, 2.24) is 20.3 Å². The van der Waals surface area contributed by atoms with Gasteiger partial charge >= 0.3 is 0 Å². The zero-order chi connectivity index (χ0) is 20.5. The highest BCUT2D eigenvalue weighted by atomic mass is 16.2. The van der Waals surface area contributed by atoms with Crippen molar-refractivity contribution in [3.8, 4) is 11.5 Å². The second-order valence-electron chi connectivity index (χ2n) is 8.90. The van der Waals surface area contributed by atoms with E-state index in [2.05, 4.69) is 24.1 Å². The lowest BCUT2D eigenvalue weighted by atomic mass is 9.99.